The Bertz CT molecular complexity index is 852. The number of ether oxygens (including phenoxy) is 1. The fourth-order valence-electron chi connectivity index (χ4n) is 4.18. The first-order valence-electron chi connectivity index (χ1n) is 11.3. The lowest BCUT2D eigenvalue weighted by molar-refractivity contribution is -0.119. The lowest BCUT2D eigenvalue weighted by Gasteiger charge is -2.41. The van der Waals surface area contributed by atoms with Gasteiger partial charge >= 0.3 is 6.09 Å². The number of Topliss-reactive ketones (excluding diaryl/α,β-unsaturated/α-hetero) is 1. The summed E-state index contributed by atoms with van der Waals surface area (Å²) in [6.07, 6.45) is 2.45. The zero-order valence-corrected chi connectivity index (χ0v) is 20.3. The molecule has 1 aromatic rings. The highest BCUT2D eigenvalue weighted by molar-refractivity contribution is 6.02. The van der Waals surface area contributed by atoms with Crippen LogP contribution in [0.3, 0.4) is 0 Å². The van der Waals surface area contributed by atoms with Gasteiger partial charge in [-0.3, -0.25) is 19.4 Å². The van der Waals surface area contributed by atoms with Crippen molar-refractivity contribution in [1.29, 1.82) is 0 Å². The van der Waals surface area contributed by atoms with E-state index in [1.54, 1.807) is 9.80 Å². The van der Waals surface area contributed by atoms with Crippen LogP contribution in [0, 0.1) is 0 Å². The van der Waals surface area contributed by atoms with Crippen molar-refractivity contribution in [3.8, 4) is 0 Å². The van der Waals surface area contributed by atoms with E-state index in [1.807, 2.05) is 63.9 Å². The Morgan fingerprint density at radius 3 is 2.53 bits per heavy atom. The molecule has 0 saturated heterocycles. The molecule has 7 heteroatoms. The van der Waals surface area contributed by atoms with Gasteiger partial charge in [-0.25, -0.2) is 4.79 Å². The summed E-state index contributed by atoms with van der Waals surface area (Å²) in [5, 5.41) is 0. The highest BCUT2D eigenvalue weighted by Gasteiger charge is 2.35. The van der Waals surface area contributed by atoms with Crippen LogP contribution in [-0.4, -0.2) is 61.5 Å². The van der Waals surface area contributed by atoms with Gasteiger partial charge in [-0.15, -0.1) is 6.58 Å². The van der Waals surface area contributed by atoms with E-state index in [9.17, 15) is 14.4 Å². The Morgan fingerprint density at radius 1 is 1.28 bits per heavy atom. The van der Waals surface area contributed by atoms with E-state index in [0.29, 0.717) is 37.4 Å². The molecule has 1 aromatic carbocycles. The third-order valence-electron chi connectivity index (χ3n) is 5.63. The number of carbonyl (C=O) groups is 3. The van der Waals surface area contributed by atoms with Gasteiger partial charge in [-0.05, 0) is 51.9 Å². The molecule has 1 aliphatic rings. The van der Waals surface area contributed by atoms with Crippen LogP contribution in [0.4, 0.5) is 16.2 Å². The van der Waals surface area contributed by atoms with Crippen LogP contribution < -0.4 is 9.80 Å². The van der Waals surface area contributed by atoms with Gasteiger partial charge in [-0.1, -0.05) is 19.1 Å². The van der Waals surface area contributed by atoms with Crippen molar-refractivity contribution in [2.75, 3.05) is 36.5 Å². The fourth-order valence-corrected chi connectivity index (χ4v) is 4.18. The van der Waals surface area contributed by atoms with Gasteiger partial charge in [0, 0.05) is 32.4 Å². The summed E-state index contributed by atoms with van der Waals surface area (Å²) in [6.45, 7) is 14.3. The van der Waals surface area contributed by atoms with E-state index in [-0.39, 0.29) is 29.8 Å². The average molecular weight is 444 g/mol. The van der Waals surface area contributed by atoms with Gasteiger partial charge in [0.25, 0.3) is 0 Å². The number of amides is 2. The molecule has 2 amide bonds. The van der Waals surface area contributed by atoms with Gasteiger partial charge < -0.3 is 9.64 Å². The van der Waals surface area contributed by atoms with Crippen LogP contribution in [0.1, 0.15) is 58.9 Å². The van der Waals surface area contributed by atoms with E-state index < -0.39 is 6.09 Å². The smallest absolute Gasteiger partial charge is 0.414 e. The lowest BCUT2D eigenvalue weighted by atomic mass is 9.93. The van der Waals surface area contributed by atoms with Gasteiger partial charge in [0.1, 0.15) is 5.78 Å². The Morgan fingerprint density at radius 2 is 1.97 bits per heavy atom. The molecule has 0 N–H and O–H groups in total. The number of anilines is 2. The van der Waals surface area contributed by atoms with E-state index in [4.69, 9.17) is 4.74 Å². The SMILES string of the molecule is C=CCC(CN(C)CC(=O)CC)c1ccc2c(c1)N(C(=O)OC(C)C)CC(C)N2C(C)=O. The number of rotatable bonds is 9. The Kier molecular flexibility index (Phi) is 9.01. The van der Waals surface area contributed by atoms with Crippen molar-refractivity contribution in [2.24, 2.45) is 0 Å². The van der Waals surface area contributed by atoms with Crippen molar-refractivity contribution in [3.05, 3.63) is 36.4 Å². The highest BCUT2D eigenvalue weighted by Crippen LogP contribution is 2.39. The predicted octanol–water partition coefficient (Wildman–Crippen LogP) is 4.36. The van der Waals surface area contributed by atoms with Gasteiger partial charge in [0.05, 0.1) is 30.1 Å². The molecule has 0 radical (unpaired) electrons. The normalized spacial score (nSPS) is 16.7. The summed E-state index contributed by atoms with van der Waals surface area (Å²) < 4.78 is 5.48. The van der Waals surface area contributed by atoms with Crippen molar-refractivity contribution in [1.82, 2.24) is 4.90 Å². The second-order valence-electron chi connectivity index (χ2n) is 8.84. The summed E-state index contributed by atoms with van der Waals surface area (Å²) >= 11 is 0. The molecule has 0 bridgehead atoms. The maximum absolute atomic E-state index is 12.9. The molecular weight excluding hydrogens is 406 g/mol. The van der Waals surface area contributed by atoms with Crippen molar-refractivity contribution < 1.29 is 19.1 Å². The Balaban J connectivity index is 2.45. The third kappa shape index (κ3) is 6.19. The standard InChI is InChI=1S/C25H37N3O4/c1-8-10-21(15-26(7)16-22(30)9-2)20-11-12-23-24(13-20)27(25(31)32-17(3)4)14-18(5)28(23)19(6)29/h8,11-13,17-18,21H,1,9-10,14-16H2,2-7H3. The molecule has 7 nitrogen and oxygen atoms in total. The van der Waals surface area contributed by atoms with Crippen molar-refractivity contribution in [3.63, 3.8) is 0 Å². The number of benzene rings is 1. The third-order valence-corrected chi connectivity index (χ3v) is 5.63. The number of ketones is 1. The van der Waals surface area contributed by atoms with Crippen LogP contribution in [0.15, 0.2) is 30.9 Å². The van der Waals surface area contributed by atoms with Crippen LogP contribution in [-0.2, 0) is 14.3 Å². The maximum atomic E-state index is 12.9. The Hall–Kier alpha value is -2.67. The number of carbonyl (C=O) groups excluding carboxylic acids is 3. The lowest BCUT2D eigenvalue weighted by Crippen LogP contribution is -2.51. The quantitative estimate of drug-likeness (QED) is 0.530. The molecule has 1 heterocycles. The number of nitrogens with zero attached hydrogens (tertiary/aromatic N) is 3. The van der Waals surface area contributed by atoms with Crippen LogP contribution in [0.5, 0.6) is 0 Å². The van der Waals surface area contributed by atoms with E-state index in [2.05, 4.69) is 6.58 Å². The first-order valence-corrected chi connectivity index (χ1v) is 11.3. The van der Waals surface area contributed by atoms with E-state index in [0.717, 1.165) is 12.0 Å². The van der Waals surface area contributed by atoms with Crippen LogP contribution in [0.2, 0.25) is 0 Å². The monoisotopic (exact) mass is 443 g/mol. The van der Waals surface area contributed by atoms with Crippen LogP contribution >= 0.6 is 0 Å². The molecule has 1 aliphatic heterocycles. The Labute approximate surface area is 192 Å². The zero-order valence-electron chi connectivity index (χ0n) is 20.3. The van der Waals surface area contributed by atoms with Gasteiger partial charge in [-0.2, -0.15) is 0 Å². The minimum Gasteiger partial charge on any atom is -0.446 e. The summed E-state index contributed by atoms with van der Waals surface area (Å²) in [5.41, 5.74) is 2.40. The number of fused-ring (bicyclic) bond motifs is 1. The molecule has 0 saturated carbocycles. The number of likely N-dealkylation sites (N-methyl/N-ethyl adjacent to an activating group) is 1. The number of hydrogen-bond acceptors (Lipinski definition) is 5. The first kappa shape index (κ1) is 25.6. The second-order valence-corrected chi connectivity index (χ2v) is 8.84. The molecule has 0 aliphatic carbocycles. The van der Waals surface area contributed by atoms with Crippen molar-refractivity contribution >= 4 is 29.2 Å². The molecule has 176 valence electrons. The maximum Gasteiger partial charge on any atom is 0.414 e. The molecule has 0 fully saturated rings. The predicted molar refractivity (Wildman–Crippen MR) is 128 cm³/mol. The molecule has 0 spiro atoms. The minimum absolute atomic E-state index is 0.0659. The van der Waals surface area contributed by atoms with E-state index in [1.165, 1.54) is 6.92 Å². The summed E-state index contributed by atoms with van der Waals surface area (Å²) in [7, 11) is 1.94. The number of allylic oxidation sites excluding steroid dienone is 1. The largest absolute Gasteiger partial charge is 0.446 e. The van der Waals surface area contributed by atoms with Crippen LogP contribution in [0.25, 0.3) is 0 Å². The zero-order chi connectivity index (χ0) is 24.0. The molecule has 0 aromatic heterocycles. The number of hydrogen-bond donors (Lipinski definition) is 0. The van der Waals surface area contributed by atoms with Crippen molar-refractivity contribution in [2.45, 2.75) is 65.5 Å². The highest BCUT2D eigenvalue weighted by atomic mass is 16.6. The van der Waals surface area contributed by atoms with Gasteiger partial charge in [0.15, 0.2) is 0 Å². The molecular formula is C25H37N3O4. The van der Waals surface area contributed by atoms with E-state index >= 15 is 0 Å². The average Bonchev–Trinajstić information content (AvgIpc) is 2.71. The molecule has 2 unspecified atom stereocenters. The molecule has 32 heavy (non-hydrogen) atoms. The summed E-state index contributed by atoms with van der Waals surface area (Å²) in [4.78, 5) is 42.5. The topological polar surface area (TPSA) is 70.2 Å². The summed E-state index contributed by atoms with van der Waals surface area (Å²) in [5.74, 6) is 0.230. The fraction of sp³-hybridized carbons (Fsp3) is 0.560. The second kappa shape index (κ2) is 11.3. The summed E-state index contributed by atoms with van der Waals surface area (Å²) in [6, 6.07) is 5.72. The minimum atomic E-state index is -0.417. The molecule has 2 rings (SSSR count). The first-order chi connectivity index (χ1) is 15.1. The van der Waals surface area contributed by atoms with Gasteiger partial charge in [0.2, 0.25) is 5.91 Å². The molecule has 2 atom stereocenters.